The second-order valence-electron chi connectivity index (χ2n) is 8.09. The minimum Gasteiger partial charge on any atom is -0.495 e. The summed E-state index contributed by atoms with van der Waals surface area (Å²) >= 11 is 0. The Morgan fingerprint density at radius 1 is 0.861 bits per heavy atom. The zero-order valence-corrected chi connectivity index (χ0v) is 20.0. The SMILES string of the molecule is COc1cncc(C(c2cncc(OC)c2)C(c2ccc(F)cc2)c2cccc(N(C)C(=O)O)n2)c1. The maximum atomic E-state index is 13.9. The minimum atomic E-state index is -1.14. The van der Waals surface area contributed by atoms with Crippen molar-refractivity contribution in [1.29, 1.82) is 0 Å². The van der Waals surface area contributed by atoms with Crippen LogP contribution in [0.2, 0.25) is 0 Å². The van der Waals surface area contributed by atoms with Gasteiger partial charge in [0.1, 0.15) is 23.1 Å². The zero-order valence-electron chi connectivity index (χ0n) is 20.0. The third-order valence-corrected chi connectivity index (χ3v) is 5.93. The van der Waals surface area contributed by atoms with Crippen LogP contribution in [0, 0.1) is 5.82 Å². The number of carboxylic acid groups (broad SMARTS) is 1. The Kier molecular flexibility index (Phi) is 7.39. The predicted octanol–water partition coefficient (Wildman–Crippen LogP) is 5.11. The summed E-state index contributed by atoms with van der Waals surface area (Å²) in [6, 6.07) is 15.1. The first kappa shape index (κ1) is 24.6. The van der Waals surface area contributed by atoms with Crippen molar-refractivity contribution < 1.29 is 23.8 Å². The first-order valence-electron chi connectivity index (χ1n) is 11.1. The number of hydrogen-bond donors (Lipinski definition) is 1. The molecule has 4 aromatic rings. The van der Waals surface area contributed by atoms with Crippen molar-refractivity contribution in [3.63, 3.8) is 0 Å². The monoisotopic (exact) mass is 488 g/mol. The summed E-state index contributed by atoms with van der Waals surface area (Å²) in [5.74, 6) is 0.164. The predicted molar refractivity (Wildman–Crippen MR) is 132 cm³/mol. The van der Waals surface area contributed by atoms with Gasteiger partial charge in [-0.1, -0.05) is 18.2 Å². The highest BCUT2D eigenvalue weighted by atomic mass is 19.1. The van der Waals surface area contributed by atoms with E-state index in [2.05, 4.69) is 9.97 Å². The molecule has 1 unspecified atom stereocenters. The van der Waals surface area contributed by atoms with Crippen LogP contribution < -0.4 is 14.4 Å². The number of pyridine rings is 3. The zero-order chi connectivity index (χ0) is 25.7. The molecular formula is C27H25FN4O4. The van der Waals surface area contributed by atoms with Crippen molar-refractivity contribution >= 4 is 11.9 Å². The van der Waals surface area contributed by atoms with Crippen LogP contribution in [0.3, 0.4) is 0 Å². The molecule has 3 heterocycles. The van der Waals surface area contributed by atoms with Gasteiger partial charge in [-0.05, 0) is 53.1 Å². The highest BCUT2D eigenvalue weighted by Crippen LogP contribution is 2.43. The second kappa shape index (κ2) is 10.8. The molecule has 3 aromatic heterocycles. The van der Waals surface area contributed by atoms with Crippen molar-refractivity contribution in [2.45, 2.75) is 11.8 Å². The summed E-state index contributed by atoms with van der Waals surface area (Å²) in [7, 11) is 4.55. The van der Waals surface area contributed by atoms with Crippen LogP contribution >= 0.6 is 0 Å². The van der Waals surface area contributed by atoms with E-state index in [4.69, 9.17) is 14.5 Å². The second-order valence-corrected chi connectivity index (χ2v) is 8.09. The van der Waals surface area contributed by atoms with Gasteiger partial charge in [-0.3, -0.25) is 14.9 Å². The summed E-state index contributed by atoms with van der Waals surface area (Å²) < 4.78 is 24.8. The average molecular weight is 489 g/mol. The molecule has 8 nitrogen and oxygen atoms in total. The van der Waals surface area contributed by atoms with Crippen LogP contribution in [0.1, 0.15) is 34.2 Å². The van der Waals surface area contributed by atoms with E-state index in [-0.39, 0.29) is 11.6 Å². The molecule has 1 N–H and O–H groups in total. The van der Waals surface area contributed by atoms with E-state index in [0.29, 0.717) is 17.2 Å². The lowest BCUT2D eigenvalue weighted by Crippen LogP contribution is -2.25. The van der Waals surface area contributed by atoms with Gasteiger partial charge in [0.25, 0.3) is 0 Å². The fourth-order valence-corrected chi connectivity index (χ4v) is 4.11. The standard InChI is InChI=1S/C27H25FN4O4/c1-32(27(33)34)24-6-4-5-23(31-24)26(17-7-9-20(28)10-8-17)25(18-11-21(35-2)15-29-13-18)19-12-22(36-3)16-30-14-19/h4-16,25-26H,1-3H3,(H,33,34). The van der Waals surface area contributed by atoms with Gasteiger partial charge in [-0.2, -0.15) is 0 Å². The Hall–Kier alpha value is -4.53. The number of halogens is 1. The fraction of sp³-hybridized carbons (Fsp3) is 0.185. The lowest BCUT2D eigenvalue weighted by molar-refractivity contribution is 0.203. The highest BCUT2D eigenvalue weighted by molar-refractivity contribution is 5.83. The van der Waals surface area contributed by atoms with Crippen LogP contribution in [0.4, 0.5) is 15.0 Å². The van der Waals surface area contributed by atoms with Crippen LogP contribution in [0.25, 0.3) is 0 Å². The molecule has 0 saturated carbocycles. The number of benzene rings is 1. The molecule has 1 amide bonds. The molecule has 1 atom stereocenters. The van der Waals surface area contributed by atoms with Crippen molar-refractivity contribution in [3.8, 4) is 11.5 Å². The molecular weight excluding hydrogens is 463 g/mol. The van der Waals surface area contributed by atoms with Crippen LogP contribution in [0.15, 0.2) is 79.4 Å². The van der Waals surface area contributed by atoms with Crippen molar-refractivity contribution in [1.82, 2.24) is 15.0 Å². The number of carbonyl (C=O) groups is 1. The molecule has 0 aliphatic carbocycles. The molecule has 0 aliphatic rings. The number of methoxy groups -OCH3 is 2. The summed E-state index contributed by atoms with van der Waals surface area (Å²) in [6.45, 7) is 0. The summed E-state index contributed by atoms with van der Waals surface area (Å²) in [4.78, 5) is 26.1. The lowest BCUT2D eigenvalue weighted by Gasteiger charge is -2.29. The van der Waals surface area contributed by atoms with Gasteiger partial charge in [-0.15, -0.1) is 0 Å². The maximum Gasteiger partial charge on any atom is 0.412 e. The molecule has 0 radical (unpaired) electrons. The Labute approximate surface area is 208 Å². The smallest absolute Gasteiger partial charge is 0.412 e. The quantitative estimate of drug-likeness (QED) is 0.368. The van der Waals surface area contributed by atoms with Gasteiger partial charge in [0.15, 0.2) is 0 Å². The largest absolute Gasteiger partial charge is 0.495 e. The van der Waals surface area contributed by atoms with E-state index in [1.807, 2.05) is 18.2 Å². The summed E-state index contributed by atoms with van der Waals surface area (Å²) in [5.41, 5.74) is 2.97. The van der Waals surface area contributed by atoms with E-state index in [9.17, 15) is 14.3 Å². The van der Waals surface area contributed by atoms with Gasteiger partial charge >= 0.3 is 6.09 Å². The van der Waals surface area contributed by atoms with E-state index in [1.165, 1.54) is 19.2 Å². The van der Waals surface area contributed by atoms with Gasteiger partial charge < -0.3 is 14.6 Å². The Balaban J connectivity index is 1.98. The lowest BCUT2D eigenvalue weighted by atomic mass is 9.76. The van der Waals surface area contributed by atoms with Crippen molar-refractivity contribution in [2.24, 2.45) is 0 Å². The maximum absolute atomic E-state index is 13.9. The number of aromatic nitrogens is 3. The molecule has 9 heteroatoms. The molecule has 36 heavy (non-hydrogen) atoms. The van der Waals surface area contributed by atoms with Gasteiger partial charge in [0.05, 0.1) is 32.3 Å². The number of hydrogen-bond acceptors (Lipinski definition) is 6. The third-order valence-electron chi connectivity index (χ3n) is 5.93. The highest BCUT2D eigenvalue weighted by Gasteiger charge is 2.31. The molecule has 0 spiro atoms. The van der Waals surface area contributed by atoms with Crippen LogP contribution in [-0.2, 0) is 0 Å². The molecule has 1 aromatic carbocycles. The van der Waals surface area contributed by atoms with E-state index in [1.54, 1.807) is 63.3 Å². The van der Waals surface area contributed by atoms with Gasteiger partial charge in [0.2, 0.25) is 0 Å². The minimum absolute atomic E-state index is 0.262. The van der Waals surface area contributed by atoms with Crippen molar-refractivity contribution in [2.75, 3.05) is 26.2 Å². The molecule has 0 bridgehead atoms. The topological polar surface area (TPSA) is 97.7 Å². The molecule has 0 aliphatic heterocycles. The molecule has 0 fully saturated rings. The van der Waals surface area contributed by atoms with Crippen LogP contribution in [0.5, 0.6) is 11.5 Å². The first-order chi connectivity index (χ1) is 17.4. The number of anilines is 1. The normalized spacial score (nSPS) is 11.7. The molecule has 0 saturated heterocycles. The third kappa shape index (κ3) is 5.25. The number of ether oxygens (including phenoxy) is 2. The van der Waals surface area contributed by atoms with Crippen LogP contribution in [-0.4, -0.2) is 47.4 Å². The first-order valence-corrected chi connectivity index (χ1v) is 11.1. The Morgan fingerprint density at radius 3 is 1.97 bits per heavy atom. The number of rotatable bonds is 8. The summed E-state index contributed by atoms with van der Waals surface area (Å²) in [5, 5.41) is 9.49. The Bertz CT molecular complexity index is 1300. The van der Waals surface area contributed by atoms with Gasteiger partial charge in [0, 0.05) is 31.3 Å². The molecule has 184 valence electrons. The number of nitrogens with zero attached hydrogens (tertiary/aromatic N) is 4. The molecule has 4 rings (SSSR count). The van der Waals surface area contributed by atoms with E-state index in [0.717, 1.165) is 21.6 Å². The van der Waals surface area contributed by atoms with Gasteiger partial charge in [-0.25, -0.2) is 14.2 Å². The van der Waals surface area contributed by atoms with E-state index >= 15 is 0 Å². The Morgan fingerprint density at radius 2 is 1.44 bits per heavy atom. The number of amides is 1. The fourth-order valence-electron chi connectivity index (χ4n) is 4.11. The summed E-state index contributed by atoms with van der Waals surface area (Å²) in [6.07, 6.45) is 5.55. The van der Waals surface area contributed by atoms with Crippen molar-refractivity contribution in [3.05, 3.63) is 108 Å². The average Bonchev–Trinajstić information content (AvgIpc) is 2.92. The van der Waals surface area contributed by atoms with E-state index < -0.39 is 17.9 Å².